The van der Waals surface area contributed by atoms with E-state index in [4.69, 9.17) is 4.42 Å². The van der Waals surface area contributed by atoms with Crippen molar-refractivity contribution in [3.8, 4) is 0 Å². The van der Waals surface area contributed by atoms with Crippen LogP contribution in [0.5, 0.6) is 0 Å². The third-order valence-corrected chi connectivity index (χ3v) is 4.01. The van der Waals surface area contributed by atoms with Crippen molar-refractivity contribution in [3.05, 3.63) is 59.5 Å². The topological polar surface area (TPSA) is 79.6 Å². The third kappa shape index (κ3) is 3.08. The molecular weight excluding hydrogens is 308 g/mol. The Morgan fingerprint density at radius 1 is 1.12 bits per heavy atom. The van der Waals surface area contributed by atoms with Crippen molar-refractivity contribution in [3.63, 3.8) is 0 Å². The van der Waals surface area contributed by atoms with Crippen molar-refractivity contribution in [1.82, 2.24) is 10.2 Å². The molecule has 0 saturated heterocycles. The summed E-state index contributed by atoms with van der Waals surface area (Å²) < 4.78 is 5.23. The van der Waals surface area contributed by atoms with Crippen LogP contribution in [0.15, 0.2) is 47.1 Å². The molecule has 0 radical (unpaired) electrons. The van der Waals surface area contributed by atoms with Gasteiger partial charge in [-0.05, 0) is 37.6 Å². The Balaban J connectivity index is 1.50. The summed E-state index contributed by atoms with van der Waals surface area (Å²) in [6, 6.07) is 10.1. The number of nitrogens with one attached hydrogen (secondary N) is 1. The van der Waals surface area contributed by atoms with E-state index in [1.807, 2.05) is 6.92 Å². The largest absolute Gasteiger partial charge is 0.467 e. The molecule has 0 aliphatic carbocycles. The van der Waals surface area contributed by atoms with Gasteiger partial charge in [0.1, 0.15) is 5.76 Å². The summed E-state index contributed by atoms with van der Waals surface area (Å²) in [4.78, 5) is 37.6. The van der Waals surface area contributed by atoms with Gasteiger partial charge >= 0.3 is 0 Å². The van der Waals surface area contributed by atoms with Crippen LogP contribution < -0.4 is 5.32 Å². The molecule has 2 aromatic rings. The van der Waals surface area contributed by atoms with E-state index in [2.05, 4.69) is 5.32 Å². The summed E-state index contributed by atoms with van der Waals surface area (Å²) in [5.41, 5.74) is 0.858. The molecule has 6 nitrogen and oxygen atoms in total. The fourth-order valence-electron chi connectivity index (χ4n) is 2.76. The Morgan fingerprint density at radius 2 is 1.79 bits per heavy atom. The van der Waals surface area contributed by atoms with Gasteiger partial charge in [-0.15, -0.1) is 0 Å². The van der Waals surface area contributed by atoms with Crippen molar-refractivity contribution < 1.29 is 18.8 Å². The van der Waals surface area contributed by atoms with Crippen molar-refractivity contribution in [1.29, 1.82) is 0 Å². The number of amides is 3. The lowest BCUT2D eigenvalue weighted by atomic mass is 10.1. The van der Waals surface area contributed by atoms with Gasteiger partial charge in [-0.2, -0.15) is 0 Å². The van der Waals surface area contributed by atoms with E-state index in [9.17, 15) is 14.4 Å². The van der Waals surface area contributed by atoms with Crippen LogP contribution >= 0.6 is 0 Å². The van der Waals surface area contributed by atoms with E-state index in [0.717, 1.165) is 0 Å². The molecule has 1 N–H and O–H groups in total. The number of imide groups is 1. The highest BCUT2D eigenvalue weighted by atomic mass is 16.3. The maximum atomic E-state index is 12.2. The standard InChI is InChI=1S/C18H18N2O4/c1-12(15-8-5-11-24-15)19-16(21)9-4-10-20-17(22)13-6-2-3-7-14(13)18(20)23/h2-3,5-8,11-12H,4,9-10H2,1H3,(H,19,21). The summed E-state index contributed by atoms with van der Waals surface area (Å²) in [5.74, 6) is -0.0425. The summed E-state index contributed by atoms with van der Waals surface area (Å²) in [7, 11) is 0. The molecule has 3 amide bonds. The van der Waals surface area contributed by atoms with Crippen molar-refractivity contribution in [2.75, 3.05) is 6.54 Å². The van der Waals surface area contributed by atoms with Gasteiger partial charge < -0.3 is 9.73 Å². The van der Waals surface area contributed by atoms with Gasteiger partial charge in [0.25, 0.3) is 11.8 Å². The van der Waals surface area contributed by atoms with Crippen LogP contribution in [0.3, 0.4) is 0 Å². The lowest BCUT2D eigenvalue weighted by Crippen LogP contribution is -2.32. The van der Waals surface area contributed by atoms with Gasteiger partial charge in [0.05, 0.1) is 23.4 Å². The van der Waals surface area contributed by atoms with E-state index in [-0.39, 0.29) is 36.7 Å². The molecule has 0 saturated carbocycles. The van der Waals surface area contributed by atoms with Crippen molar-refractivity contribution in [2.24, 2.45) is 0 Å². The minimum atomic E-state index is -0.292. The van der Waals surface area contributed by atoms with Gasteiger partial charge in [0, 0.05) is 13.0 Å². The van der Waals surface area contributed by atoms with Gasteiger partial charge in [-0.1, -0.05) is 12.1 Å². The Morgan fingerprint density at radius 3 is 2.38 bits per heavy atom. The Hall–Kier alpha value is -2.89. The molecule has 3 rings (SSSR count). The number of furan rings is 1. The molecule has 0 spiro atoms. The lowest BCUT2D eigenvalue weighted by molar-refractivity contribution is -0.122. The second kappa shape index (κ2) is 6.70. The first kappa shape index (κ1) is 16.0. The number of carbonyl (C=O) groups excluding carboxylic acids is 3. The van der Waals surface area contributed by atoms with Crippen LogP contribution in [-0.4, -0.2) is 29.2 Å². The second-order valence-corrected chi connectivity index (χ2v) is 5.72. The first-order chi connectivity index (χ1) is 11.6. The minimum absolute atomic E-state index is 0.143. The predicted molar refractivity (Wildman–Crippen MR) is 86.3 cm³/mol. The SMILES string of the molecule is CC(NC(=O)CCCN1C(=O)c2ccccc2C1=O)c1ccco1. The van der Waals surface area contributed by atoms with E-state index in [0.29, 0.717) is 23.3 Å². The number of fused-ring (bicyclic) bond motifs is 1. The molecule has 1 aliphatic heterocycles. The van der Waals surface area contributed by atoms with Gasteiger partial charge in [0.15, 0.2) is 0 Å². The average molecular weight is 326 g/mol. The number of nitrogens with zero attached hydrogens (tertiary/aromatic N) is 1. The molecule has 1 unspecified atom stereocenters. The average Bonchev–Trinajstić information content (AvgIpc) is 3.19. The molecule has 24 heavy (non-hydrogen) atoms. The van der Waals surface area contributed by atoms with E-state index < -0.39 is 0 Å². The molecule has 1 atom stereocenters. The first-order valence-corrected chi connectivity index (χ1v) is 7.86. The molecule has 0 fully saturated rings. The smallest absolute Gasteiger partial charge is 0.261 e. The molecule has 1 aromatic carbocycles. The summed E-state index contributed by atoms with van der Waals surface area (Å²) in [6.45, 7) is 2.07. The van der Waals surface area contributed by atoms with E-state index in [1.54, 1.807) is 42.7 Å². The Bertz CT molecular complexity index is 732. The van der Waals surface area contributed by atoms with Crippen LogP contribution in [0.2, 0.25) is 0 Å². The highest BCUT2D eigenvalue weighted by Crippen LogP contribution is 2.22. The normalized spacial score (nSPS) is 14.6. The van der Waals surface area contributed by atoms with E-state index in [1.165, 1.54) is 4.90 Å². The fraction of sp³-hybridized carbons (Fsp3) is 0.278. The Labute approximate surface area is 139 Å². The molecule has 124 valence electrons. The zero-order valence-electron chi connectivity index (χ0n) is 13.3. The highest BCUT2D eigenvalue weighted by Gasteiger charge is 2.34. The van der Waals surface area contributed by atoms with Crippen LogP contribution in [0.1, 0.15) is 52.3 Å². The highest BCUT2D eigenvalue weighted by molar-refractivity contribution is 6.21. The zero-order chi connectivity index (χ0) is 17.1. The molecule has 1 aliphatic rings. The summed E-state index contributed by atoms with van der Waals surface area (Å²) in [6.07, 6.45) is 2.21. The van der Waals surface area contributed by atoms with Crippen molar-refractivity contribution >= 4 is 17.7 Å². The lowest BCUT2D eigenvalue weighted by Gasteiger charge is -2.14. The molecule has 2 heterocycles. The number of hydrogen-bond acceptors (Lipinski definition) is 4. The predicted octanol–water partition coefficient (Wildman–Crippen LogP) is 2.53. The van der Waals surface area contributed by atoms with E-state index >= 15 is 0 Å². The molecule has 6 heteroatoms. The van der Waals surface area contributed by atoms with Gasteiger partial charge in [-0.25, -0.2) is 0 Å². The summed E-state index contributed by atoms with van der Waals surface area (Å²) in [5, 5.41) is 2.83. The second-order valence-electron chi connectivity index (χ2n) is 5.72. The van der Waals surface area contributed by atoms with Crippen molar-refractivity contribution in [2.45, 2.75) is 25.8 Å². The summed E-state index contributed by atoms with van der Waals surface area (Å²) >= 11 is 0. The number of hydrogen-bond donors (Lipinski definition) is 1. The molecule has 0 bridgehead atoms. The fourth-order valence-corrected chi connectivity index (χ4v) is 2.76. The number of benzene rings is 1. The number of carbonyl (C=O) groups is 3. The van der Waals surface area contributed by atoms with Crippen LogP contribution in [-0.2, 0) is 4.79 Å². The maximum absolute atomic E-state index is 12.2. The zero-order valence-corrected chi connectivity index (χ0v) is 13.3. The van der Waals surface area contributed by atoms with Crippen LogP contribution in [0.25, 0.3) is 0 Å². The van der Waals surface area contributed by atoms with Crippen LogP contribution in [0, 0.1) is 0 Å². The third-order valence-electron chi connectivity index (χ3n) is 4.01. The monoisotopic (exact) mass is 326 g/mol. The van der Waals surface area contributed by atoms with Gasteiger partial charge in [-0.3, -0.25) is 19.3 Å². The minimum Gasteiger partial charge on any atom is -0.467 e. The molecular formula is C18H18N2O4. The van der Waals surface area contributed by atoms with Gasteiger partial charge in [0.2, 0.25) is 5.91 Å². The maximum Gasteiger partial charge on any atom is 0.261 e. The quantitative estimate of drug-likeness (QED) is 0.827. The first-order valence-electron chi connectivity index (χ1n) is 7.86. The van der Waals surface area contributed by atoms with Crippen LogP contribution in [0.4, 0.5) is 0 Å². The molecule has 1 aromatic heterocycles. The Kier molecular flexibility index (Phi) is 4.46. The number of rotatable bonds is 6.